The van der Waals surface area contributed by atoms with Crippen molar-refractivity contribution in [2.24, 2.45) is 0 Å². The number of hydrogen-bond donors (Lipinski definition) is 2. The molecule has 0 aromatic heterocycles. The number of aryl methyl sites for hydroxylation is 1. The van der Waals surface area contributed by atoms with E-state index in [1.165, 1.54) is 0 Å². The van der Waals surface area contributed by atoms with Crippen molar-refractivity contribution < 1.29 is 9.53 Å². The number of ether oxygens (including phenoxy) is 1. The highest BCUT2D eigenvalue weighted by Gasteiger charge is 2.02. The third kappa shape index (κ3) is 4.08. The molecule has 1 aromatic carbocycles. The zero-order valence-electron chi connectivity index (χ0n) is 9.34. The van der Waals surface area contributed by atoms with Crippen LogP contribution < -0.4 is 10.6 Å². The Morgan fingerprint density at radius 1 is 1.50 bits per heavy atom. The SMILES string of the molecule is COCCNC(=O)Nc1ccc(C)c(Cl)c1. The number of benzene rings is 1. The van der Waals surface area contributed by atoms with Crippen LogP contribution >= 0.6 is 11.6 Å². The maximum atomic E-state index is 11.4. The molecule has 0 atom stereocenters. The van der Waals surface area contributed by atoms with Crippen LogP contribution in [0.3, 0.4) is 0 Å². The lowest BCUT2D eigenvalue weighted by molar-refractivity contribution is 0.198. The minimum atomic E-state index is -0.267. The highest BCUT2D eigenvalue weighted by Crippen LogP contribution is 2.19. The highest BCUT2D eigenvalue weighted by molar-refractivity contribution is 6.31. The molecule has 0 aliphatic heterocycles. The average Bonchev–Trinajstić information content (AvgIpc) is 2.24. The van der Waals surface area contributed by atoms with Crippen LogP contribution in [0.5, 0.6) is 0 Å². The summed E-state index contributed by atoms with van der Waals surface area (Å²) >= 11 is 5.93. The predicted octanol–water partition coefficient (Wildman–Crippen LogP) is 2.42. The molecule has 0 radical (unpaired) electrons. The first-order valence-corrected chi connectivity index (χ1v) is 5.31. The van der Waals surface area contributed by atoms with E-state index in [0.29, 0.717) is 23.9 Å². The van der Waals surface area contributed by atoms with Crippen molar-refractivity contribution >= 4 is 23.3 Å². The molecule has 0 fully saturated rings. The van der Waals surface area contributed by atoms with Crippen molar-refractivity contribution in [2.45, 2.75) is 6.92 Å². The molecule has 0 saturated carbocycles. The third-order valence-electron chi connectivity index (χ3n) is 2.02. The first-order chi connectivity index (χ1) is 7.63. The highest BCUT2D eigenvalue weighted by atomic mass is 35.5. The van der Waals surface area contributed by atoms with E-state index in [1.807, 2.05) is 13.0 Å². The maximum Gasteiger partial charge on any atom is 0.319 e. The molecule has 88 valence electrons. The molecule has 0 saturated heterocycles. The second-order valence-corrected chi connectivity index (χ2v) is 3.74. The van der Waals surface area contributed by atoms with E-state index in [0.717, 1.165) is 5.56 Å². The zero-order valence-corrected chi connectivity index (χ0v) is 10.1. The summed E-state index contributed by atoms with van der Waals surface area (Å²) in [7, 11) is 1.58. The number of urea groups is 1. The molecule has 5 heteroatoms. The van der Waals surface area contributed by atoms with Gasteiger partial charge in [0.15, 0.2) is 0 Å². The summed E-state index contributed by atoms with van der Waals surface area (Å²) in [5.74, 6) is 0. The van der Waals surface area contributed by atoms with Gasteiger partial charge in [0.1, 0.15) is 0 Å². The van der Waals surface area contributed by atoms with Gasteiger partial charge >= 0.3 is 6.03 Å². The second-order valence-electron chi connectivity index (χ2n) is 3.34. The van der Waals surface area contributed by atoms with Gasteiger partial charge in [-0.05, 0) is 24.6 Å². The number of nitrogens with one attached hydrogen (secondary N) is 2. The number of anilines is 1. The van der Waals surface area contributed by atoms with Gasteiger partial charge in [-0.3, -0.25) is 0 Å². The van der Waals surface area contributed by atoms with Crippen LogP contribution in [0.1, 0.15) is 5.56 Å². The van der Waals surface area contributed by atoms with Crippen molar-refractivity contribution in [3.05, 3.63) is 28.8 Å². The summed E-state index contributed by atoms with van der Waals surface area (Å²) in [6.07, 6.45) is 0. The summed E-state index contributed by atoms with van der Waals surface area (Å²) < 4.78 is 4.81. The van der Waals surface area contributed by atoms with E-state index in [4.69, 9.17) is 16.3 Å². The number of rotatable bonds is 4. The van der Waals surface area contributed by atoms with E-state index in [-0.39, 0.29) is 6.03 Å². The molecule has 0 aliphatic carbocycles. The van der Waals surface area contributed by atoms with Gasteiger partial charge < -0.3 is 15.4 Å². The summed E-state index contributed by atoms with van der Waals surface area (Å²) in [6, 6.07) is 5.11. The van der Waals surface area contributed by atoms with Crippen LogP contribution in [0.15, 0.2) is 18.2 Å². The van der Waals surface area contributed by atoms with Gasteiger partial charge in [-0.15, -0.1) is 0 Å². The quantitative estimate of drug-likeness (QED) is 0.797. The maximum absolute atomic E-state index is 11.4. The van der Waals surface area contributed by atoms with Gasteiger partial charge in [0.25, 0.3) is 0 Å². The first-order valence-electron chi connectivity index (χ1n) is 4.93. The molecule has 1 rings (SSSR count). The monoisotopic (exact) mass is 242 g/mol. The summed E-state index contributed by atoms with van der Waals surface area (Å²) in [4.78, 5) is 11.4. The van der Waals surface area contributed by atoms with Crippen LogP contribution in [-0.4, -0.2) is 26.3 Å². The molecular formula is C11H15ClN2O2. The number of carbonyl (C=O) groups is 1. The van der Waals surface area contributed by atoms with Crippen LogP contribution in [0.2, 0.25) is 5.02 Å². The fourth-order valence-corrected chi connectivity index (χ4v) is 1.29. The van der Waals surface area contributed by atoms with Gasteiger partial charge in [-0.1, -0.05) is 17.7 Å². The third-order valence-corrected chi connectivity index (χ3v) is 2.43. The minimum absolute atomic E-state index is 0.267. The smallest absolute Gasteiger partial charge is 0.319 e. The van der Waals surface area contributed by atoms with Crippen molar-refractivity contribution in [1.29, 1.82) is 0 Å². The number of amides is 2. The van der Waals surface area contributed by atoms with E-state index >= 15 is 0 Å². The fourth-order valence-electron chi connectivity index (χ4n) is 1.11. The van der Waals surface area contributed by atoms with Crippen LogP contribution in [0.4, 0.5) is 10.5 Å². The molecule has 0 aliphatic rings. The molecule has 1 aromatic rings. The number of methoxy groups -OCH3 is 1. The van der Waals surface area contributed by atoms with Gasteiger partial charge in [-0.25, -0.2) is 4.79 Å². The van der Waals surface area contributed by atoms with Crippen molar-refractivity contribution in [3.8, 4) is 0 Å². The van der Waals surface area contributed by atoms with Crippen molar-refractivity contribution in [3.63, 3.8) is 0 Å². The van der Waals surface area contributed by atoms with E-state index in [1.54, 1.807) is 19.2 Å². The Labute approximate surface area is 99.9 Å². The Balaban J connectivity index is 2.46. The second kappa shape index (κ2) is 6.35. The molecule has 16 heavy (non-hydrogen) atoms. The minimum Gasteiger partial charge on any atom is -0.383 e. The molecule has 0 spiro atoms. The van der Waals surface area contributed by atoms with Crippen molar-refractivity contribution in [1.82, 2.24) is 5.32 Å². The standard InChI is InChI=1S/C11H15ClN2O2/c1-8-3-4-9(7-10(8)12)14-11(15)13-5-6-16-2/h3-4,7H,5-6H2,1-2H3,(H2,13,14,15). The Bertz CT molecular complexity index is 369. The topological polar surface area (TPSA) is 50.4 Å². The van der Waals surface area contributed by atoms with Crippen LogP contribution in [0, 0.1) is 6.92 Å². The molecule has 0 unspecified atom stereocenters. The summed E-state index contributed by atoms with van der Waals surface area (Å²) in [5.41, 5.74) is 1.65. The molecule has 0 bridgehead atoms. The zero-order chi connectivity index (χ0) is 12.0. The van der Waals surface area contributed by atoms with Gasteiger partial charge in [0, 0.05) is 24.4 Å². The largest absolute Gasteiger partial charge is 0.383 e. The van der Waals surface area contributed by atoms with Crippen LogP contribution in [0.25, 0.3) is 0 Å². The van der Waals surface area contributed by atoms with Gasteiger partial charge in [0.2, 0.25) is 0 Å². The normalized spacial score (nSPS) is 9.94. The Hall–Kier alpha value is -1.26. The first kappa shape index (κ1) is 12.8. The number of halogens is 1. The lowest BCUT2D eigenvalue weighted by Gasteiger charge is -2.08. The molecular weight excluding hydrogens is 228 g/mol. The van der Waals surface area contributed by atoms with Crippen molar-refractivity contribution in [2.75, 3.05) is 25.6 Å². The van der Waals surface area contributed by atoms with Crippen LogP contribution in [-0.2, 0) is 4.74 Å². The van der Waals surface area contributed by atoms with E-state index in [2.05, 4.69) is 10.6 Å². The lowest BCUT2D eigenvalue weighted by atomic mass is 10.2. The van der Waals surface area contributed by atoms with Gasteiger partial charge in [0.05, 0.1) is 6.61 Å². The van der Waals surface area contributed by atoms with Gasteiger partial charge in [-0.2, -0.15) is 0 Å². The lowest BCUT2D eigenvalue weighted by Crippen LogP contribution is -2.31. The summed E-state index contributed by atoms with van der Waals surface area (Å²) in [6.45, 7) is 2.87. The summed E-state index contributed by atoms with van der Waals surface area (Å²) in [5, 5.41) is 5.96. The Morgan fingerprint density at radius 2 is 2.25 bits per heavy atom. The molecule has 2 N–H and O–H groups in total. The Morgan fingerprint density at radius 3 is 2.88 bits per heavy atom. The number of carbonyl (C=O) groups excluding carboxylic acids is 1. The molecule has 2 amide bonds. The van der Waals surface area contributed by atoms with E-state index < -0.39 is 0 Å². The fraction of sp³-hybridized carbons (Fsp3) is 0.364. The molecule has 4 nitrogen and oxygen atoms in total. The number of hydrogen-bond acceptors (Lipinski definition) is 2. The predicted molar refractivity (Wildman–Crippen MR) is 65.1 cm³/mol. The molecule has 0 heterocycles. The average molecular weight is 243 g/mol. The van der Waals surface area contributed by atoms with E-state index in [9.17, 15) is 4.79 Å². The Kier molecular flexibility index (Phi) is 5.08.